The quantitative estimate of drug-likeness (QED) is 0.816. The summed E-state index contributed by atoms with van der Waals surface area (Å²) >= 11 is 1.95. The van der Waals surface area contributed by atoms with E-state index in [9.17, 15) is 10.2 Å². The first-order valence-corrected chi connectivity index (χ1v) is 8.85. The largest absolute Gasteiger partial charge is 0.390 e. The predicted molar refractivity (Wildman–Crippen MR) is 79.4 cm³/mol. The van der Waals surface area contributed by atoms with Gasteiger partial charge in [-0.05, 0) is 36.9 Å². The molecule has 0 aliphatic carbocycles. The van der Waals surface area contributed by atoms with Crippen molar-refractivity contribution < 1.29 is 14.9 Å². The minimum Gasteiger partial charge on any atom is -0.390 e. The molecule has 1 spiro atoms. The van der Waals surface area contributed by atoms with Crippen molar-refractivity contribution in [2.75, 3.05) is 18.1 Å². The van der Waals surface area contributed by atoms with Gasteiger partial charge >= 0.3 is 0 Å². The van der Waals surface area contributed by atoms with Crippen molar-refractivity contribution in [2.45, 2.75) is 63.8 Å². The number of hydrogen-bond donors (Lipinski definition) is 2. The van der Waals surface area contributed by atoms with Gasteiger partial charge < -0.3 is 14.9 Å². The molecule has 0 radical (unpaired) electrons. The fourth-order valence-corrected chi connectivity index (χ4v) is 4.93. The van der Waals surface area contributed by atoms with E-state index in [1.165, 1.54) is 0 Å². The summed E-state index contributed by atoms with van der Waals surface area (Å²) in [6.07, 6.45) is 3.59. The van der Waals surface area contributed by atoms with E-state index in [4.69, 9.17) is 4.74 Å². The van der Waals surface area contributed by atoms with Gasteiger partial charge in [-0.2, -0.15) is 11.8 Å². The van der Waals surface area contributed by atoms with Gasteiger partial charge in [-0.1, -0.05) is 26.7 Å². The zero-order chi connectivity index (χ0) is 13.9. The Morgan fingerprint density at radius 3 is 2.63 bits per heavy atom. The predicted octanol–water partition coefficient (Wildman–Crippen LogP) is 2.45. The van der Waals surface area contributed by atoms with E-state index in [2.05, 4.69) is 13.8 Å². The van der Waals surface area contributed by atoms with Crippen molar-refractivity contribution in [1.82, 2.24) is 0 Å². The van der Waals surface area contributed by atoms with Crippen LogP contribution in [0.5, 0.6) is 0 Å². The highest BCUT2D eigenvalue weighted by molar-refractivity contribution is 7.99. The van der Waals surface area contributed by atoms with Crippen LogP contribution in [0.2, 0.25) is 0 Å². The summed E-state index contributed by atoms with van der Waals surface area (Å²) in [6, 6.07) is 0. The molecule has 2 aliphatic heterocycles. The van der Waals surface area contributed by atoms with Crippen molar-refractivity contribution in [3.63, 3.8) is 0 Å². The van der Waals surface area contributed by atoms with Crippen molar-refractivity contribution in [3.05, 3.63) is 0 Å². The Balaban J connectivity index is 1.96. The molecule has 0 amide bonds. The molecule has 0 saturated carbocycles. The molecule has 2 N–H and O–H groups in total. The van der Waals surface area contributed by atoms with E-state index in [0.717, 1.165) is 50.2 Å². The molecular weight excluding hydrogens is 260 g/mol. The topological polar surface area (TPSA) is 49.7 Å². The van der Waals surface area contributed by atoms with Crippen LogP contribution in [0.1, 0.15) is 46.0 Å². The van der Waals surface area contributed by atoms with Crippen molar-refractivity contribution in [1.29, 1.82) is 0 Å². The summed E-state index contributed by atoms with van der Waals surface area (Å²) in [5.41, 5.74) is -0.0117. The van der Waals surface area contributed by atoms with Crippen LogP contribution in [0.4, 0.5) is 0 Å². The summed E-state index contributed by atoms with van der Waals surface area (Å²) in [4.78, 5) is 0. The Labute approximate surface area is 121 Å². The molecule has 0 bridgehead atoms. The fourth-order valence-electron chi connectivity index (χ4n) is 3.55. The number of aliphatic hydroxyl groups is 2. The van der Waals surface area contributed by atoms with Crippen LogP contribution >= 0.6 is 11.8 Å². The van der Waals surface area contributed by atoms with Gasteiger partial charge in [-0.15, -0.1) is 0 Å². The molecule has 112 valence electrons. The number of ether oxygens (including phenoxy) is 1. The highest BCUT2D eigenvalue weighted by Gasteiger charge is 2.44. The Hall–Kier alpha value is 0.230. The van der Waals surface area contributed by atoms with Gasteiger partial charge in [0.05, 0.1) is 17.8 Å². The van der Waals surface area contributed by atoms with Crippen molar-refractivity contribution in [3.8, 4) is 0 Å². The molecule has 0 aromatic heterocycles. The van der Waals surface area contributed by atoms with Crippen LogP contribution in [0.3, 0.4) is 0 Å². The summed E-state index contributed by atoms with van der Waals surface area (Å²) in [5.74, 6) is 2.63. The zero-order valence-electron chi connectivity index (χ0n) is 12.2. The standard InChI is InChI=1S/C15H28O3S/c1-3-11(4-2)13(16)14(17)12-5-7-18-15(9-12)6-8-19-10-15/h11-14,16-17H,3-10H2,1-2H3. The Morgan fingerprint density at radius 2 is 2.05 bits per heavy atom. The second-order valence-electron chi connectivity index (χ2n) is 6.14. The van der Waals surface area contributed by atoms with Gasteiger partial charge in [0.1, 0.15) is 0 Å². The maximum atomic E-state index is 10.5. The molecule has 19 heavy (non-hydrogen) atoms. The molecule has 4 heteroatoms. The minimum atomic E-state index is -0.587. The Kier molecular flexibility index (Phi) is 5.58. The molecule has 4 atom stereocenters. The summed E-state index contributed by atoms with van der Waals surface area (Å²) in [7, 11) is 0. The van der Waals surface area contributed by atoms with Crippen LogP contribution in [-0.2, 0) is 4.74 Å². The molecule has 2 saturated heterocycles. The van der Waals surface area contributed by atoms with Gasteiger partial charge in [-0.25, -0.2) is 0 Å². The number of aliphatic hydroxyl groups excluding tert-OH is 2. The molecule has 4 unspecified atom stereocenters. The van der Waals surface area contributed by atoms with Gasteiger partial charge in [0.15, 0.2) is 0 Å². The smallest absolute Gasteiger partial charge is 0.0831 e. The highest BCUT2D eigenvalue weighted by atomic mass is 32.2. The maximum absolute atomic E-state index is 10.5. The van der Waals surface area contributed by atoms with Crippen molar-refractivity contribution >= 4 is 11.8 Å². The lowest BCUT2D eigenvalue weighted by Gasteiger charge is -2.41. The van der Waals surface area contributed by atoms with Gasteiger partial charge in [0.2, 0.25) is 0 Å². The Morgan fingerprint density at radius 1 is 1.32 bits per heavy atom. The average Bonchev–Trinajstić information content (AvgIpc) is 2.87. The van der Waals surface area contributed by atoms with Gasteiger partial charge in [0.25, 0.3) is 0 Å². The van der Waals surface area contributed by atoms with E-state index in [1.54, 1.807) is 0 Å². The average molecular weight is 288 g/mol. The van der Waals surface area contributed by atoms with Crippen LogP contribution in [0.25, 0.3) is 0 Å². The highest BCUT2D eigenvalue weighted by Crippen LogP contribution is 2.42. The van der Waals surface area contributed by atoms with Crippen LogP contribution in [-0.4, -0.2) is 46.1 Å². The van der Waals surface area contributed by atoms with E-state index in [-0.39, 0.29) is 17.4 Å². The monoisotopic (exact) mass is 288 g/mol. The molecule has 2 aliphatic rings. The molecule has 2 fully saturated rings. The SMILES string of the molecule is CCC(CC)C(O)C(O)C1CCOC2(CCSC2)C1. The molecule has 0 aromatic carbocycles. The molecule has 0 aromatic rings. The maximum Gasteiger partial charge on any atom is 0.0831 e. The van der Waals surface area contributed by atoms with Crippen LogP contribution in [0, 0.1) is 11.8 Å². The Bertz CT molecular complexity index is 275. The summed E-state index contributed by atoms with van der Waals surface area (Å²) in [6.45, 7) is 4.91. The number of thioether (sulfide) groups is 1. The third-order valence-electron chi connectivity index (χ3n) is 4.96. The van der Waals surface area contributed by atoms with Crippen LogP contribution in [0.15, 0.2) is 0 Å². The third kappa shape index (κ3) is 3.46. The summed E-state index contributed by atoms with van der Waals surface area (Å²) < 4.78 is 5.99. The summed E-state index contributed by atoms with van der Waals surface area (Å²) in [5, 5.41) is 20.9. The fraction of sp³-hybridized carbons (Fsp3) is 1.00. The zero-order valence-corrected chi connectivity index (χ0v) is 13.0. The molecule has 2 heterocycles. The number of rotatable bonds is 5. The first kappa shape index (κ1) is 15.6. The van der Waals surface area contributed by atoms with E-state index in [0.29, 0.717) is 0 Å². The third-order valence-corrected chi connectivity index (χ3v) is 6.19. The lowest BCUT2D eigenvalue weighted by atomic mass is 9.78. The van der Waals surface area contributed by atoms with E-state index < -0.39 is 12.2 Å². The normalized spacial score (nSPS) is 34.9. The van der Waals surface area contributed by atoms with Crippen LogP contribution < -0.4 is 0 Å². The van der Waals surface area contributed by atoms with Gasteiger partial charge in [0, 0.05) is 12.4 Å². The second-order valence-corrected chi connectivity index (χ2v) is 7.25. The first-order valence-electron chi connectivity index (χ1n) is 7.69. The van der Waals surface area contributed by atoms with Gasteiger partial charge in [-0.3, -0.25) is 0 Å². The molecular formula is C15H28O3S. The van der Waals surface area contributed by atoms with E-state index in [1.807, 2.05) is 11.8 Å². The molecule has 3 nitrogen and oxygen atoms in total. The first-order chi connectivity index (χ1) is 9.12. The number of hydrogen-bond acceptors (Lipinski definition) is 4. The lowest BCUT2D eigenvalue weighted by Crippen LogP contribution is -2.47. The van der Waals surface area contributed by atoms with Crippen molar-refractivity contribution in [2.24, 2.45) is 11.8 Å². The minimum absolute atomic E-state index is 0.0117. The molecule has 2 rings (SSSR count). The van der Waals surface area contributed by atoms with E-state index >= 15 is 0 Å². The second kappa shape index (κ2) is 6.79. The lowest BCUT2D eigenvalue weighted by molar-refractivity contribution is -0.127.